The molecular weight excluding hydrogens is 308 g/mol. The van der Waals surface area contributed by atoms with Crippen molar-refractivity contribution in [3.05, 3.63) is 47.1 Å². The maximum Gasteiger partial charge on any atom is 0.252 e. The number of halogens is 2. The van der Waals surface area contributed by atoms with E-state index in [9.17, 15) is 13.9 Å². The smallest absolute Gasteiger partial charge is 0.252 e. The number of benzene rings is 1. The maximum atomic E-state index is 14.0. The standard InChI is InChI=1S/C15H17F2N3O3/c1-22-8-15-18-14(19-23-15)7-20-6-10(21)5-13(20)11-4-9(16)2-3-12(11)17/h2-4,10,13,21H,5-8H2,1H3/t10-,13+/m0/s1. The summed E-state index contributed by atoms with van der Waals surface area (Å²) in [7, 11) is 1.52. The van der Waals surface area contributed by atoms with Gasteiger partial charge in [-0.1, -0.05) is 5.16 Å². The summed E-state index contributed by atoms with van der Waals surface area (Å²) < 4.78 is 37.4. The molecule has 23 heavy (non-hydrogen) atoms. The number of hydrogen-bond donors (Lipinski definition) is 1. The fourth-order valence-electron chi connectivity index (χ4n) is 2.87. The van der Waals surface area contributed by atoms with Gasteiger partial charge in [-0.15, -0.1) is 0 Å². The molecule has 2 atom stereocenters. The first-order chi connectivity index (χ1) is 11.1. The van der Waals surface area contributed by atoms with Gasteiger partial charge in [0.15, 0.2) is 5.82 Å². The first-order valence-electron chi connectivity index (χ1n) is 7.24. The molecule has 2 aromatic rings. The molecule has 0 saturated carbocycles. The molecule has 1 aliphatic heterocycles. The minimum atomic E-state index is -0.618. The number of hydrogen-bond acceptors (Lipinski definition) is 6. The van der Waals surface area contributed by atoms with Crippen molar-refractivity contribution in [2.75, 3.05) is 13.7 Å². The van der Waals surface area contributed by atoms with Crippen LogP contribution in [0.5, 0.6) is 0 Å². The number of aromatic nitrogens is 2. The van der Waals surface area contributed by atoms with Crippen LogP contribution in [0.25, 0.3) is 0 Å². The van der Waals surface area contributed by atoms with Gasteiger partial charge in [0.05, 0.1) is 12.6 Å². The zero-order chi connectivity index (χ0) is 16.4. The van der Waals surface area contributed by atoms with E-state index >= 15 is 0 Å². The van der Waals surface area contributed by atoms with Crippen molar-refractivity contribution in [3.63, 3.8) is 0 Å². The van der Waals surface area contributed by atoms with Gasteiger partial charge in [-0.05, 0) is 24.6 Å². The summed E-state index contributed by atoms with van der Waals surface area (Å²) >= 11 is 0. The van der Waals surface area contributed by atoms with Crippen LogP contribution in [0, 0.1) is 11.6 Å². The molecule has 8 heteroatoms. The number of nitrogens with zero attached hydrogens (tertiary/aromatic N) is 3. The van der Waals surface area contributed by atoms with Gasteiger partial charge in [0, 0.05) is 25.3 Å². The first kappa shape index (κ1) is 16.0. The normalized spacial score (nSPS) is 21.9. The van der Waals surface area contributed by atoms with E-state index in [1.165, 1.54) is 7.11 Å². The Kier molecular flexibility index (Phi) is 4.65. The van der Waals surface area contributed by atoms with Crippen molar-refractivity contribution in [1.29, 1.82) is 0 Å². The molecule has 1 fully saturated rings. The molecule has 0 spiro atoms. The van der Waals surface area contributed by atoms with Gasteiger partial charge in [-0.25, -0.2) is 8.78 Å². The molecule has 0 radical (unpaired) electrons. The van der Waals surface area contributed by atoms with Crippen LogP contribution in [0.2, 0.25) is 0 Å². The SMILES string of the molecule is COCc1nc(CN2C[C@@H](O)C[C@@H]2c2cc(F)ccc2F)no1. The van der Waals surface area contributed by atoms with Crippen LogP contribution in [0.4, 0.5) is 8.78 Å². The summed E-state index contributed by atoms with van der Waals surface area (Å²) in [6, 6.07) is 2.89. The Labute approximate surface area is 131 Å². The Morgan fingerprint density at radius 2 is 2.26 bits per heavy atom. The maximum absolute atomic E-state index is 14.0. The predicted molar refractivity (Wildman–Crippen MR) is 75.1 cm³/mol. The van der Waals surface area contributed by atoms with Crippen molar-refractivity contribution in [1.82, 2.24) is 15.0 Å². The second-order valence-corrected chi connectivity index (χ2v) is 5.54. The minimum absolute atomic E-state index is 0.206. The summed E-state index contributed by atoms with van der Waals surface area (Å²) in [6.07, 6.45) is -0.295. The van der Waals surface area contributed by atoms with E-state index in [-0.39, 0.29) is 18.7 Å². The molecule has 0 aliphatic carbocycles. The Balaban J connectivity index is 1.80. The molecule has 1 N–H and O–H groups in total. The van der Waals surface area contributed by atoms with Crippen LogP contribution in [0.1, 0.15) is 29.7 Å². The summed E-state index contributed by atoms with van der Waals surface area (Å²) in [5, 5.41) is 13.8. The molecule has 0 unspecified atom stereocenters. The second kappa shape index (κ2) is 6.69. The fourth-order valence-corrected chi connectivity index (χ4v) is 2.87. The third kappa shape index (κ3) is 3.54. The van der Waals surface area contributed by atoms with Crippen molar-refractivity contribution in [2.24, 2.45) is 0 Å². The second-order valence-electron chi connectivity index (χ2n) is 5.54. The molecule has 1 aliphatic rings. The van der Waals surface area contributed by atoms with Gasteiger partial charge in [0.1, 0.15) is 18.2 Å². The Morgan fingerprint density at radius 1 is 1.43 bits per heavy atom. The lowest BCUT2D eigenvalue weighted by Crippen LogP contribution is -2.25. The quantitative estimate of drug-likeness (QED) is 0.904. The van der Waals surface area contributed by atoms with Crippen LogP contribution in [0.3, 0.4) is 0 Å². The number of β-amino-alcohol motifs (C(OH)–C–C–N with tert-alkyl or cyclic N) is 1. The lowest BCUT2D eigenvalue weighted by Gasteiger charge is -2.23. The lowest BCUT2D eigenvalue weighted by molar-refractivity contribution is 0.151. The highest BCUT2D eigenvalue weighted by Crippen LogP contribution is 2.34. The molecular formula is C15H17F2N3O3. The Bertz CT molecular complexity index is 680. The average Bonchev–Trinajstić information content (AvgIpc) is 3.09. The van der Waals surface area contributed by atoms with Gasteiger partial charge in [-0.2, -0.15) is 4.98 Å². The average molecular weight is 325 g/mol. The van der Waals surface area contributed by atoms with E-state index < -0.39 is 23.8 Å². The van der Waals surface area contributed by atoms with E-state index in [0.29, 0.717) is 24.7 Å². The van der Waals surface area contributed by atoms with E-state index in [2.05, 4.69) is 10.1 Å². The number of likely N-dealkylation sites (tertiary alicyclic amines) is 1. The van der Waals surface area contributed by atoms with Gasteiger partial charge in [0.2, 0.25) is 0 Å². The number of methoxy groups -OCH3 is 1. The van der Waals surface area contributed by atoms with Gasteiger partial charge >= 0.3 is 0 Å². The first-order valence-corrected chi connectivity index (χ1v) is 7.24. The topological polar surface area (TPSA) is 71.6 Å². The number of aliphatic hydroxyl groups excluding tert-OH is 1. The van der Waals surface area contributed by atoms with Crippen LogP contribution >= 0.6 is 0 Å². The highest BCUT2D eigenvalue weighted by Gasteiger charge is 2.34. The Morgan fingerprint density at radius 3 is 3.04 bits per heavy atom. The predicted octanol–water partition coefficient (Wildman–Crippen LogP) is 1.80. The van der Waals surface area contributed by atoms with E-state index in [4.69, 9.17) is 9.26 Å². The summed E-state index contributed by atoms with van der Waals surface area (Å²) in [5.74, 6) is -0.253. The van der Waals surface area contributed by atoms with Gasteiger partial charge in [0.25, 0.3) is 5.89 Å². The molecule has 1 saturated heterocycles. The highest BCUT2D eigenvalue weighted by molar-refractivity contribution is 5.24. The molecule has 1 aromatic heterocycles. The van der Waals surface area contributed by atoms with Gasteiger partial charge < -0.3 is 14.4 Å². The molecule has 124 valence electrons. The third-order valence-corrected chi connectivity index (χ3v) is 3.82. The third-order valence-electron chi connectivity index (χ3n) is 3.82. The number of aliphatic hydroxyl groups is 1. The van der Waals surface area contributed by atoms with Crippen LogP contribution in [0.15, 0.2) is 22.7 Å². The van der Waals surface area contributed by atoms with Crippen LogP contribution in [-0.4, -0.2) is 39.9 Å². The summed E-state index contributed by atoms with van der Waals surface area (Å²) in [4.78, 5) is 5.97. The molecule has 1 aromatic carbocycles. The van der Waals surface area contributed by atoms with Crippen molar-refractivity contribution in [3.8, 4) is 0 Å². The van der Waals surface area contributed by atoms with Crippen LogP contribution in [-0.2, 0) is 17.9 Å². The van der Waals surface area contributed by atoms with Crippen molar-refractivity contribution >= 4 is 0 Å². The highest BCUT2D eigenvalue weighted by atomic mass is 19.1. The molecule has 6 nitrogen and oxygen atoms in total. The van der Waals surface area contributed by atoms with E-state index in [0.717, 1.165) is 18.2 Å². The van der Waals surface area contributed by atoms with E-state index in [1.54, 1.807) is 0 Å². The molecule has 3 rings (SSSR count). The molecule has 0 amide bonds. The number of rotatable bonds is 5. The van der Waals surface area contributed by atoms with Crippen molar-refractivity contribution in [2.45, 2.75) is 31.7 Å². The molecule has 0 bridgehead atoms. The monoisotopic (exact) mass is 325 g/mol. The van der Waals surface area contributed by atoms with Crippen LogP contribution < -0.4 is 0 Å². The van der Waals surface area contributed by atoms with Crippen molar-refractivity contribution < 1.29 is 23.1 Å². The summed E-state index contributed by atoms with van der Waals surface area (Å²) in [5.41, 5.74) is 0.224. The summed E-state index contributed by atoms with van der Waals surface area (Å²) in [6.45, 7) is 0.803. The van der Waals surface area contributed by atoms with E-state index in [1.807, 2.05) is 4.90 Å². The fraction of sp³-hybridized carbons (Fsp3) is 0.467. The number of ether oxygens (including phenoxy) is 1. The Hall–Kier alpha value is -1.90. The minimum Gasteiger partial charge on any atom is -0.392 e. The largest absolute Gasteiger partial charge is 0.392 e. The zero-order valence-corrected chi connectivity index (χ0v) is 12.6. The lowest BCUT2D eigenvalue weighted by atomic mass is 10.0. The zero-order valence-electron chi connectivity index (χ0n) is 12.6. The molecule has 2 heterocycles. The van der Waals surface area contributed by atoms with Gasteiger partial charge in [-0.3, -0.25) is 4.90 Å².